The number of hydrogen-bond donors (Lipinski definition) is 2. The summed E-state index contributed by atoms with van der Waals surface area (Å²) in [5.41, 5.74) is 0.951. The topological polar surface area (TPSA) is 63.2 Å². The van der Waals surface area contributed by atoms with E-state index in [0.29, 0.717) is 17.1 Å². The summed E-state index contributed by atoms with van der Waals surface area (Å²) in [4.78, 5) is 15.6. The SMILES string of the molecule is COc1ccc(NC(=O)NCc2ccccc2F)cn1. The van der Waals surface area contributed by atoms with Crippen molar-refractivity contribution in [3.8, 4) is 5.88 Å². The second kappa shape index (κ2) is 6.51. The Hall–Kier alpha value is -2.63. The van der Waals surface area contributed by atoms with Crippen molar-refractivity contribution in [3.05, 3.63) is 54.0 Å². The van der Waals surface area contributed by atoms with Gasteiger partial charge >= 0.3 is 6.03 Å². The Labute approximate surface area is 115 Å². The van der Waals surface area contributed by atoms with E-state index in [0.717, 1.165) is 0 Å². The first-order valence-electron chi connectivity index (χ1n) is 5.97. The Bertz CT molecular complexity index is 587. The van der Waals surface area contributed by atoms with Crippen molar-refractivity contribution in [2.45, 2.75) is 6.54 Å². The summed E-state index contributed by atoms with van der Waals surface area (Å²) in [7, 11) is 1.51. The summed E-state index contributed by atoms with van der Waals surface area (Å²) in [5, 5.41) is 5.16. The number of aromatic nitrogens is 1. The molecule has 6 heteroatoms. The molecule has 2 rings (SSSR count). The van der Waals surface area contributed by atoms with Gasteiger partial charge in [-0.3, -0.25) is 0 Å². The lowest BCUT2D eigenvalue weighted by atomic mass is 10.2. The number of rotatable bonds is 4. The van der Waals surface area contributed by atoms with Gasteiger partial charge in [0.25, 0.3) is 0 Å². The van der Waals surface area contributed by atoms with Crippen LogP contribution >= 0.6 is 0 Å². The van der Waals surface area contributed by atoms with Crippen molar-refractivity contribution >= 4 is 11.7 Å². The minimum atomic E-state index is -0.430. The van der Waals surface area contributed by atoms with Crippen LogP contribution in [-0.2, 0) is 6.54 Å². The molecule has 0 aliphatic rings. The number of anilines is 1. The number of carbonyl (C=O) groups excluding carboxylic acids is 1. The van der Waals surface area contributed by atoms with E-state index in [4.69, 9.17) is 4.74 Å². The molecule has 0 saturated heterocycles. The highest BCUT2D eigenvalue weighted by atomic mass is 19.1. The molecule has 0 fully saturated rings. The summed E-state index contributed by atoms with van der Waals surface area (Å²) in [6, 6.07) is 9.14. The second-order valence-electron chi connectivity index (χ2n) is 3.99. The Balaban J connectivity index is 1.87. The van der Waals surface area contributed by atoms with E-state index in [-0.39, 0.29) is 12.4 Å². The number of urea groups is 1. The molecule has 0 saturated carbocycles. The van der Waals surface area contributed by atoms with Crippen LogP contribution in [0, 0.1) is 5.82 Å². The fourth-order valence-corrected chi connectivity index (χ4v) is 1.57. The maximum absolute atomic E-state index is 13.4. The third kappa shape index (κ3) is 3.68. The quantitative estimate of drug-likeness (QED) is 0.901. The van der Waals surface area contributed by atoms with Gasteiger partial charge in [-0.2, -0.15) is 0 Å². The molecule has 0 unspecified atom stereocenters. The van der Waals surface area contributed by atoms with Gasteiger partial charge in [0.2, 0.25) is 5.88 Å². The molecule has 0 spiro atoms. The number of hydrogen-bond acceptors (Lipinski definition) is 3. The first-order chi connectivity index (χ1) is 9.69. The number of benzene rings is 1. The van der Waals surface area contributed by atoms with Crippen LogP contribution in [0.1, 0.15) is 5.56 Å². The maximum Gasteiger partial charge on any atom is 0.319 e. The van der Waals surface area contributed by atoms with E-state index in [2.05, 4.69) is 15.6 Å². The van der Waals surface area contributed by atoms with Crippen LogP contribution in [0.4, 0.5) is 14.9 Å². The smallest absolute Gasteiger partial charge is 0.319 e. The highest BCUT2D eigenvalue weighted by Gasteiger charge is 2.05. The van der Waals surface area contributed by atoms with Crippen molar-refractivity contribution < 1.29 is 13.9 Å². The molecule has 20 heavy (non-hydrogen) atoms. The van der Waals surface area contributed by atoms with Gasteiger partial charge in [0.05, 0.1) is 19.0 Å². The molecule has 0 aliphatic heterocycles. The van der Waals surface area contributed by atoms with Gasteiger partial charge in [-0.25, -0.2) is 14.2 Å². The number of halogens is 1. The lowest BCUT2D eigenvalue weighted by Gasteiger charge is -2.08. The normalized spacial score (nSPS) is 9.90. The summed E-state index contributed by atoms with van der Waals surface area (Å²) in [6.07, 6.45) is 1.47. The van der Waals surface area contributed by atoms with Crippen LogP contribution in [0.3, 0.4) is 0 Å². The fraction of sp³-hybridized carbons (Fsp3) is 0.143. The van der Waals surface area contributed by atoms with Gasteiger partial charge in [-0.1, -0.05) is 18.2 Å². The Morgan fingerprint density at radius 2 is 2.10 bits per heavy atom. The van der Waals surface area contributed by atoms with E-state index in [1.54, 1.807) is 30.3 Å². The van der Waals surface area contributed by atoms with E-state index in [9.17, 15) is 9.18 Å². The number of methoxy groups -OCH3 is 1. The molecule has 104 valence electrons. The lowest BCUT2D eigenvalue weighted by molar-refractivity contribution is 0.251. The summed E-state index contributed by atoms with van der Waals surface area (Å²) >= 11 is 0. The van der Waals surface area contributed by atoms with Crippen LogP contribution in [-0.4, -0.2) is 18.1 Å². The Kier molecular flexibility index (Phi) is 4.49. The highest BCUT2D eigenvalue weighted by Crippen LogP contribution is 2.11. The van der Waals surface area contributed by atoms with Crippen molar-refractivity contribution in [3.63, 3.8) is 0 Å². The van der Waals surface area contributed by atoms with Crippen LogP contribution in [0.5, 0.6) is 5.88 Å². The lowest BCUT2D eigenvalue weighted by Crippen LogP contribution is -2.28. The standard InChI is InChI=1S/C14H14FN3O2/c1-20-13-7-6-11(9-16-13)18-14(19)17-8-10-4-2-3-5-12(10)15/h2-7,9H,8H2,1H3,(H2,17,18,19). The first kappa shape index (κ1) is 13.8. The molecule has 1 heterocycles. The first-order valence-corrected chi connectivity index (χ1v) is 5.97. The Morgan fingerprint density at radius 3 is 2.75 bits per heavy atom. The van der Waals surface area contributed by atoms with Crippen LogP contribution in [0.2, 0.25) is 0 Å². The third-order valence-corrected chi connectivity index (χ3v) is 2.60. The largest absolute Gasteiger partial charge is 0.481 e. The number of pyridine rings is 1. The van der Waals surface area contributed by atoms with Crippen molar-refractivity contribution in [1.82, 2.24) is 10.3 Å². The number of nitrogens with one attached hydrogen (secondary N) is 2. The van der Waals surface area contributed by atoms with E-state index >= 15 is 0 Å². The molecule has 1 aromatic carbocycles. The summed E-state index contributed by atoms with van der Waals surface area (Å²) in [5.74, 6) is 0.112. The zero-order chi connectivity index (χ0) is 14.4. The van der Waals surface area contributed by atoms with E-state index < -0.39 is 6.03 Å². The predicted octanol–water partition coefficient (Wildman–Crippen LogP) is 2.55. The Morgan fingerprint density at radius 1 is 1.30 bits per heavy atom. The van der Waals surface area contributed by atoms with Gasteiger partial charge in [-0.05, 0) is 12.1 Å². The molecule has 2 amide bonds. The number of carbonyl (C=O) groups is 1. The second-order valence-corrected chi connectivity index (χ2v) is 3.99. The van der Waals surface area contributed by atoms with Crippen molar-refractivity contribution in [1.29, 1.82) is 0 Å². The fourth-order valence-electron chi connectivity index (χ4n) is 1.57. The molecule has 2 N–H and O–H groups in total. The number of nitrogens with zero attached hydrogens (tertiary/aromatic N) is 1. The summed E-state index contributed by atoms with van der Waals surface area (Å²) in [6.45, 7) is 0.113. The zero-order valence-electron chi connectivity index (χ0n) is 10.9. The van der Waals surface area contributed by atoms with Gasteiger partial charge < -0.3 is 15.4 Å². The van der Waals surface area contributed by atoms with Crippen molar-refractivity contribution in [2.24, 2.45) is 0 Å². The highest BCUT2D eigenvalue weighted by molar-refractivity contribution is 5.88. The average molecular weight is 275 g/mol. The minimum Gasteiger partial charge on any atom is -0.481 e. The van der Waals surface area contributed by atoms with Gasteiger partial charge in [0, 0.05) is 18.2 Å². The molecule has 5 nitrogen and oxygen atoms in total. The molecule has 0 radical (unpaired) electrons. The maximum atomic E-state index is 13.4. The molecule has 2 aromatic rings. The van der Waals surface area contributed by atoms with Gasteiger partial charge in [0.1, 0.15) is 5.82 Å². The molecule has 0 aliphatic carbocycles. The van der Waals surface area contributed by atoms with Gasteiger partial charge in [-0.15, -0.1) is 0 Å². The van der Waals surface area contributed by atoms with E-state index in [1.165, 1.54) is 19.4 Å². The van der Waals surface area contributed by atoms with Crippen LogP contribution in [0.15, 0.2) is 42.6 Å². The number of ether oxygens (including phenoxy) is 1. The van der Waals surface area contributed by atoms with Crippen LogP contribution < -0.4 is 15.4 Å². The molecule has 0 atom stereocenters. The average Bonchev–Trinajstić information content (AvgIpc) is 2.47. The molecular formula is C14H14FN3O2. The minimum absolute atomic E-state index is 0.113. The predicted molar refractivity (Wildman–Crippen MR) is 73.0 cm³/mol. The monoisotopic (exact) mass is 275 g/mol. The third-order valence-electron chi connectivity index (χ3n) is 2.60. The van der Waals surface area contributed by atoms with Crippen LogP contribution in [0.25, 0.3) is 0 Å². The van der Waals surface area contributed by atoms with Crippen molar-refractivity contribution in [2.75, 3.05) is 12.4 Å². The summed E-state index contributed by atoms with van der Waals surface area (Å²) < 4.78 is 18.3. The van der Waals surface area contributed by atoms with Gasteiger partial charge in [0.15, 0.2) is 0 Å². The molecular weight excluding hydrogens is 261 g/mol. The number of amides is 2. The molecule has 0 bridgehead atoms. The zero-order valence-corrected chi connectivity index (χ0v) is 10.9. The molecule has 1 aromatic heterocycles. The van der Waals surface area contributed by atoms with E-state index in [1.807, 2.05) is 0 Å².